The largest absolute Gasteiger partial charge is 0.360 e. The van der Waals surface area contributed by atoms with E-state index < -0.39 is 0 Å². The summed E-state index contributed by atoms with van der Waals surface area (Å²) in [7, 11) is 0. The van der Waals surface area contributed by atoms with Gasteiger partial charge in [-0.2, -0.15) is 0 Å². The van der Waals surface area contributed by atoms with E-state index in [1.54, 1.807) is 0 Å². The quantitative estimate of drug-likeness (QED) is 0.939. The second-order valence-corrected chi connectivity index (χ2v) is 6.16. The van der Waals surface area contributed by atoms with E-state index in [0.717, 1.165) is 43.1 Å². The summed E-state index contributed by atoms with van der Waals surface area (Å²) in [5.41, 5.74) is 1.78. The van der Waals surface area contributed by atoms with E-state index in [2.05, 4.69) is 20.4 Å². The van der Waals surface area contributed by atoms with Crippen molar-refractivity contribution >= 4 is 11.7 Å². The van der Waals surface area contributed by atoms with Crippen LogP contribution in [-0.2, 0) is 11.3 Å². The van der Waals surface area contributed by atoms with E-state index in [1.165, 1.54) is 0 Å². The first-order chi connectivity index (χ1) is 11.1. The summed E-state index contributed by atoms with van der Waals surface area (Å²) in [4.78, 5) is 19.0. The van der Waals surface area contributed by atoms with Crippen molar-refractivity contribution in [1.29, 1.82) is 0 Å². The van der Waals surface area contributed by atoms with Crippen LogP contribution in [0, 0.1) is 19.8 Å². The molecule has 2 aromatic rings. The summed E-state index contributed by atoms with van der Waals surface area (Å²) < 4.78 is 5.27. The van der Waals surface area contributed by atoms with Crippen molar-refractivity contribution in [3.8, 4) is 0 Å². The Kier molecular flexibility index (Phi) is 4.71. The molecule has 1 aliphatic heterocycles. The van der Waals surface area contributed by atoms with Gasteiger partial charge in [0.2, 0.25) is 5.91 Å². The van der Waals surface area contributed by atoms with E-state index in [4.69, 9.17) is 4.52 Å². The molecular weight excluding hydrogens is 292 g/mol. The number of carbonyl (C=O) groups excluding carboxylic acids is 1. The molecule has 2 aromatic heterocycles. The first-order valence-electron chi connectivity index (χ1n) is 7.99. The Morgan fingerprint density at radius 2 is 2.26 bits per heavy atom. The van der Waals surface area contributed by atoms with E-state index >= 15 is 0 Å². The van der Waals surface area contributed by atoms with Crippen LogP contribution in [0.2, 0.25) is 0 Å². The van der Waals surface area contributed by atoms with Gasteiger partial charge in [-0.3, -0.25) is 9.69 Å². The highest BCUT2D eigenvalue weighted by Crippen LogP contribution is 2.20. The molecule has 1 saturated heterocycles. The number of anilines is 1. The summed E-state index contributed by atoms with van der Waals surface area (Å²) in [5, 5.41) is 6.84. The monoisotopic (exact) mass is 314 g/mol. The number of aromatic nitrogens is 2. The Balaban J connectivity index is 1.58. The maximum atomic E-state index is 12.5. The zero-order chi connectivity index (χ0) is 16.2. The molecule has 0 aromatic carbocycles. The van der Waals surface area contributed by atoms with Gasteiger partial charge >= 0.3 is 0 Å². The second kappa shape index (κ2) is 6.91. The summed E-state index contributed by atoms with van der Waals surface area (Å²) in [6.07, 6.45) is 1.91. The van der Waals surface area contributed by atoms with Crippen molar-refractivity contribution in [3.63, 3.8) is 0 Å². The van der Waals surface area contributed by atoms with E-state index in [9.17, 15) is 4.79 Å². The lowest BCUT2D eigenvalue weighted by Crippen LogP contribution is -2.40. The number of aryl methyl sites for hydroxylation is 2. The van der Waals surface area contributed by atoms with Crippen LogP contribution in [0.5, 0.6) is 0 Å². The van der Waals surface area contributed by atoms with Crippen LogP contribution in [0.15, 0.2) is 28.8 Å². The highest BCUT2D eigenvalue weighted by atomic mass is 16.5. The molecule has 0 bridgehead atoms. The molecule has 0 spiro atoms. The molecule has 3 rings (SSSR count). The fourth-order valence-corrected chi connectivity index (χ4v) is 2.97. The second-order valence-electron chi connectivity index (χ2n) is 6.16. The van der Waals surface area contributed by atoms with Gasteiger partial charge in [0.1, 0.15) is 5.82 Å². The zero-order valence-electron chi connectivity index (χ0n) is 13.6. The Bertz CT molecular complexity index is 683. The number of carbonyl (C=O) groups is 1. The van der Waals surface area contributed by atoms with Crippen LogP contribution < -0.4 is 5.32 Å². The number of pyridine rings is 1. The first-order valence-corrected chi connectivity index (χ1v) is 7.99. The predicted octanol–water partition coefficient (Wildman–Crippen LogP) is 2.54. The minimum Gasteiger partial charge on any atom is -0.360 e. The lowest BCUT2D eigenvalue weighted by Gasteiger charge is -2.31. The minimum absolute atomic E-state index is 0.0184. The average Bonchev–Trinajstić information content (AvgIpc) is 2.92. The van der Waals surface area contributed by atoms with Crippen LogP contribution in [-0.4, -0.2) is 34.0 Å². The predicted molar refractivity (Wildman–Crippen MR) is 86.8 cm³/mol. The van der Waals surface area contributed by atoms with Crippen molar-refractivity contribution in [1.82, 2.24) is 15.0 Å². The van der Waals surface area contributed by atoms with Gasteiger partial charge in [0.15, 0.2) is 5.76 Å². The first kappa shape index (κ1) is 15.7. The molecule has 1 atom stereocenters. The number of amides is 1. The normalized spacial score (nSPS) is 18.8. The van der Waals surface area contributed by atoms with E-state index in [-0.39, 0.29) is 11.8 Å². The fraction of sp³-hybridized carbons (Fsp3) is 0.471. The van der Waals surface area contributed by atoms with Crippen molar-refractivity contribution in [2.45, 2.75) is 33.2 Å². The molecule has 0 saturated carbocycles. The molecule has 1 aliphatic rings. The maximum absolute atomic E-state index is 12.5. The van der Waals surface area contributed by atoms with E-state index in [1.807, 2.05) is 38.1 Å². The SMILES string of the molecule is Cc1cc(CN2CCCC(C(=O)Nc3cccc(C)n3)C2)on1. The lowest BCUT2D eigenvalue weighted by molar-refractivity contribution is -0.121. The molecule has 122 valence electrons. The summed E-state index contributed by atoms with van der Waals surface area (Å²) in [5.74, 6) is 1.50. The average molecular weight is 314 g/mol. The highest BCUT2D eigenvalue weighted by molar-refractivity contribution is 5.91. The Labute approximate surface area is 135 Å². The topological polar surface area (TPSA) is 71.3 Å². The third kappa shape index (κ3) is 4.16. The maximum Gasteiger partial charge on any atom is 0.229 e. The Morgan fingerprint density at radius 1 is 1.39 bits per heavy atom. The van der Waals surface area contributed by atoms with Crippen molar-refractivity contribution in [2.75, 3.05) is 18.4 Å². The van der Waals surface area contributed by atoms with Gasteiger partial charge in [0.25, 0.3) is 0 Å². The number of nitrogens with one attached hydrogen (secondary N) is 1. The molecule has 1 fully saturated rings. The molecular formula is C17H22N4O2. The standard InChI is InChI=1S/C17H22N4O2/c1-12-5-3-7-16(18-12)19-17(22)14-6-4-8-21(10-14)11-15-9-13(2)20-23-15/h3,5,7,9,14H,4,6,8,10-11H2,1-2H3,(H,18,19,22). The van der Waals surface area contributed by atoms with Crippen LogP contribution in [0.3, 0.4) is 0 Å². The molecule has 6 nitrogen and oxygen atoms in total. The summed E-state index contributed by atoms with van der Waals surface area (Å²) in [6, 6.07) is 7.58. The third-order valence-electron chi connectivity index (χ3n) is 4.07. The number of rotatable bonds is 4. The molecule has 6 heteroatoms. The van der Waals surface area contributed by atoms with Gasteiger partial charge in [0, 0.05) is 18.3 Å². The summed E-state index contributed by atoms with van der Waals surface area (Å²) in [6.45, 7) is 6.24. The molecule has 3 heterocycles. The van der Waals surface area contributed by atoms with Gasteiger partial charge in [-0.25, -0.2) is 4.98 Å². The number of nitrogens with zero attached hydrogens (tertiary/aromatic N) is 3. The number of hydrogen-bond acceptors (Lipinski definition) is 5. The molecule has 23 heavy (non-hydrogen) atoms. The third-order valence-corrected chi connectivity index (χ3v) is 4.07. The smallest absolute Gasteiger partial charge is 0.229 e. The molecule has 1 unspecified atom stereocenters. The highest BCUT2D eigenvalue weighted by Gasteiger charge is 2.26. The molecule has 0 aliphatic carbocycles. The lowest BCUT2D eigenvalue weighted by atomic mass is 9.97. The van der Waals surface area contributed by atoms with Crippen LogP contribution in [0.25, 0.3) is 0 Å². The Morgan fingerprint density at radius 3 is 3.00 bits per heavy atom. The van der Waals surface area contributed by atoms with Gasteiger partial charge in [-0.1, -0.05) is 11.2 Å². The van der Waals surface area contributed by atoms with Crippen LogP contribution in [0.4, 0.5) is 5.82 Å². The van der Waals surface area contributed by atoms with Gasteiger partial charge in [-0.05, 0) is 45.4 Å². The van der Waals surface area contributed by atoms with Crippen LogP contribution >= 0.6 is 0 Å². The Hall–Kier alpha value is -2.21. The molecule has 1 N–H and O–H groups in total. The van der Waals surface area contributed by atoms with Crippen molar-refractivity contribution in [3.05, 3.63) is 41.4 Å². The number of piperidine rings is 1. The molecule has 0 radical (unpaired) electrons. The minimum atomic E-state index is -0.0184. The van der Waals surface area contributed by atoms with Crippen molar-refractivity contribution in [2.24, 2.45) is 5.92 Å². The summed E-state index contributed by atoms with van der Waals surface area (Å²) >= 11 is 0. The van der Waals surface area contributed by atoms with Crippen LogP contribution in [0.1, 0.15) is 30.0 Å². The van der Waals surface area contributed by atoms with Gasteiger partial charge < -0.3 is 9.84 Å². The number of likely N-dealkylation sites (tertiary alicyclic amines) is 1. The fourth-order valence-electron chi connectivity index (χ4n) is 2.97. The molecule has 1 amide bonds. The van der Waals surface area contributed by atoms with Gasteiger partial charge in [-0.15, -0.1) is 0 Å². The van der Waals surface area contributed by atoms with Gasteiger partial charge in [0.05, 0.1) is 18.2 Å². The zero-order valence-corrected chi connectivity index (χ0v) is 13.6. The van der Waals surface area contributed by atoms with E-state index in [0.29, 0.717) is 12.4 Å². The van der Waals surface area contributed by atoms with Crippen molar-refractivity contribution < 1.29 is 9.32 Å². The number of hydrogen-bond donors (Lipinski definition) is 1.